The molecule has 0 spiro atoms. The highest BCUT2D eigenvalue weighted by molar-refractivity contribution is 6.49. The molecule has 4 aromatic rings. The average molecular weight is 550 g/mol. The van der Waals surface area contributed by atoms with Gasteiger partial charge in [-0.2, -0.15) is 18.4 Å². The van der Waals surface area contributed by atoms with Gasteiger partial charge in [-0.1, -0.05) is 77.3 Å². The van der Waals surface area contributed by atoms with Crippen molar-refractivity contribution in [3.8, 4) is 11.8 Å². The van der Waals surface area contributed by atoms with Crippen LogP contribution in [-0.2, 0) is 6.18 Å². The Morgan fingerprint density at radius 3 is 2.31 bits per heavy atom. The van der Waals surface area contributed by atoms with Crippen LogP contribution < -0.4 is 5.32 Å². The monoisotopic (exact) mass is 548 g/mol. The van der Waals surface area contributed by atoms with Crippen LogP contribution in [0.1, 0.15) is 33.0 Å². The van der Waals surface area contributed by atoms with E-state index < -0.39 is 29.3 Å². The van der Waals surface area contributed by atoms with Crippen LogP contribution in [0.5, 0.6) is 5.75 Å². The van der Waals surface area contributed by atoms with E-state index >= 15 is 0 Å². The lowest BCUT2D eigenvalue weighted by atomic mass is 9.87. The predicted molar refractivity (Wildman–Crippen MR) is 134 cm³/mol. The van der Waals surface area contributed by atoms with Gasteiger partial charge in [-0.15, -0.1) is 0 Å². The molecule has 0 aromatic heterocycles. The normalized spacial score (nSPS) is 12.2. The number of phenolic OH excluding ortho intramolecular Hbond substituents is 1. The first-order valence-corrected chi connectivity index (χ1v) is 11.4. The van der Waals surface area contributed by atoms with Gasteiger partial charge in [-0.3, -0.25) is 4.79 Å². The summed E-state index contributed by atoms with van der Waals surface area (Å²) in [7, 11) is 0. The Balaban J connectivity index is 1.74. The fraction of sp³-hybridized carbons (Fsp3) is 0.0769. The third kappa shape index (κ3) is 4.93. The minimum atomic E-state index is -4.82. The first-order chi connectivity index (χ1) is 17.0. The maximum Gasteiger partial charge on any atom is 0.416 e. The Hall–Kier alpha value is -3.44. The molecule has 182 valence electrons. The lowest BCUT2D eigenvalue weighted by Gasteiger charge is -2.19. The Bertz CT molecular complexity index is 1550. The van der Waals surface area contributed by atoms with E-state index in [9.17, 15) is 28.3 Å². The molecular formula is C26H14Cl3F3N2O2. The highest BCUT2D eigenvalue weighted by Crippen LogP contribution is 2.41. The fourth-order valence-corrected chi connectivity index (χ4v) is 4.40. The summed E-state index contributed by atoms with van der Waals surface area (Å²) in [5.74, 6) is -2.84. The van der Waals surface area contributed by atoms with E-state index in [4.69, 9.17) is 34.8 Å². The van der Waals surface area contributed by atoms with Crippen molar-refractivity contribution in [3.05, 3.63) is 104 Å². The molecule has 0 saturated carbocycles. The van der Waals surface area contributed by atoms with Crippen LogP contribution in [0.2, 0.25) is 15.1 Å². The van der Waals surface area contributed by atoms with Crippen LogP contribution in [-0.4, -0.2) is 11.0 Å². The minimum absolute atomic E-state index is 0.122. The minimum Gasteiger partial charge on any atom is -0.505 e. The molecule has 0 aliphatic rings. The first kappa shape index (κ1) is 25.6. The zero-order chi connectivity index (χ0) is 26.2. The summed E-state index contributed by atoms with van der Waals surface area (Å²) in [5.41, 5.74) is -1.55. The summed E-state index contributed by atoms with van der Waals surface area (Å²) in [5, 5.41) is 23.2. The third-order valence-corrected chi connectivity index (χ3v) is 6.80. The van der Waals surface area contributed by atoms with Crippen LogP contribution in [0, 0.1) is 11.3 Å². The molecule has 0 fully saturated rings. The van der Waals surface area contributed by atoms with Gasteiger partial charge in [0.25, 0.3) is 5.91 Å². The van der Waals surface area contributed by atoms with Gasteiger partial charge >= 0.3 is 6.18 Å². The van der Waals surface area contributed by atoms with Gasteiger partial charge in [0.15, 0.2) is 0 Å². The first-order valence-electron chi connectivity index (χ1n) is 10.3. The van der Waals surface area contributed by atoms with Gasteiger partial charge in [-0.05, 0) is 46.2 Å². The second-order valence-corrected chi connectivity index (χ2v) is 8.97. The number of amides is 1. The van der Waals surface area contributed by atoms with Gasteiger partial charge in [-0.25, -0.2) is 0 Å². The number of anilines is 1. The van der Waals surface area contributed by atoms with E-state index in [0.717, 1.165) is 29.0 Å². The van der Waals surface area contributed by atoms with Crippen LogP contribution in [0.25, 0.3) is 10.8 Å². The second-order valence-electron chi connectivity index (χ2n) is 7.81. The number of hydrogen-bond donors (Lipinski definition) is 2. The zero-order valence-electron chi connectivity index (χ0n) is 18.0. The molecule has 0 aliphatic carbocycles. The number of rotatable bonds is 4. The van der Waals surface area contributed by atoms with Crippen molar-refractivity contribution in [1.29, 1.82) is 5.26 Å². The number of carbonyl (C=O) groups excluding carboxylic acids is 1. The van der Waals surface area contributed by atoms with Crippen molar-refractivity contribution in [2.75, 3.05) is 5.32 Å². The molecule has 1 atom stereocenters. The Kier molecular flexibility index (Phi) is 7.05. The number of nitriles is 1. The quantitative estimate of drug-likeness (QED) is 0.251. The topological polar surface area (TPSA) is 73.1 Å². The van der Waals surface area contributed by atoms with Crippen LogP contribution in [0.3, 0.4) is 0 Å². The smallest absolute Gasteiger partial charge is 0.416 e. The van der Waals surface area contributed by atoms with Crippen LogP contribution in [0.4, 0.5) is 18.9 Å². The Morgan fingerprint density at radius 2 is 1.64 bits per heavy atom. The van der Waals surface area contributed by atoms with Crippen molar-refractivity contribution < 1.29 is 23.1 Å². The summed E-state index contributed by atoms with van der Waals surface area (Å²) in [6, 6.07) is 18.5. The molecule has 0 heterocycles. The highest BCUT2D eigenvalue weighted by atomic mass is 35.5. The van der Waals surface area contributed by atoms with Gasteiger partial charge in [0.05, 0.1) is 33.2 Å². The lowest BCUT2D eigenvalue weighted by molar-refractivity contribution is -0.138. The average Bonchev–Trinajstić information content (AvgIpc) is 2.85. The maximum absolute atomic E-state index is 14.1. The largest absolute Gasteiger partial charge is 0.505 e. The number of benzene rings is 4. The number of phenols is 1. The van der Waals surface area contributed by atoms with Crippen molar-refractivity contribution in [3.63, 3.8) is 0 Å². The summed E-state index contributed by atoms with van der Waals surface area (Å²) in [6.45, 7) is 0. The SMILES string of the molecule is N#CC(c1ccc2ccccc2c1)c1ccc(NC(=O)c2cc(Cl)c(Cl)c(Cl)c2O)cc1C(F)(F)F. The third-order valence-electron chi connectivity index (χ3n) is 5.54. The van der Waals surface area contributed by atoms with Gasteiger partial charge in [0.2, 0.25) is 0 Å². The highest BCUT2D eigenvalue weighted by Gasteiger charge is 2.36. The van der Waals surface area contributed by atoms with E-state index in [1.54, 1.807) is 30.3 Å². The predicted octanol–water partition coefficient (Wildman–Crippen LogP) is 8.43. The molecule has 2 N–H and O–H groups in total. The number of nitrogens with zero attached hydrogens (tertiary/aromatic N) is 1. The van der Waals surface area contributed by atoms with Crippen LogP contribution >= 0.6 is 34.8 Å². The zero-order valence-corrected chi connectivity index (χ0v) is 20.3. The van der Waals surface area contributed by atoms with Gasteiger partial charge in [0, 0.05) is 5.69 Å². The molecule has 1 unspecified atom stereocenters. The number of fused-ring (bicyclic) bond motifs is 1. The number of alkyl halides is 3. The molecule has 10 heteroatoms. The number of nitrogens with one attached hydrogen (secondary N) is 1. The summed E-state index contributed by atoms with van der Waals surface area (Å²) < 4.78 is 42.2. The van der Waals surface area contributed by atoms with E-state index in [1.807, 2.05) is 18.2 Å². The molecule has 1 amide bonds. The summed E-state index contributed by atoms with van der Waals surface area (Å²) >= 11 is 17.6. The Labute approximate surface area is 218 Å². The van der Waals surface area contributed by atoms with Gasteiger partial charge in [0.1, 0.15) is 10.8 Å². The molecule has 0 radical (unpaired) electrons. The van der Waals surface area contributed by atoms with E-state index in [2.05, 4.69) is 5.32 Å². The van der Waals surface area contributed by atoms with Crippen molar-refractivity contribution in [2.24, 2.45) is 0 Å². The summed E-state index contributed by atoms with van der Waals surface area (Å²) in [4.78, 5) is 12.7. The van der Waals surface area contributed by atoms with Crippen molar-refractivity contribution >= 4 is 57.2 Å². The molecule has 0 aliphatic heterocycles. The molecule has 0 bridgehead atoms. The second kappa shape index (κ2) is 9.90. The summed E-state index contributed by atoms with van der Waals surface area (Å²) in [6.07, 6.45) is -4.82. The molecule has 36 heavy (non-hydrogen) atoms. The lowest BCUT2D eigenvalue weighted by Crippen LogP contribution is -2.16. The molecule has 4 rings (SSSR count). The maximum atomic E-state index is 14.1. The molecule has 4 nitrogen and oxygen atoms in total. The number of hydrogen-bond acceptors (Lipinski definition) is 3. The fourth-order valence-electron chi connectivity index (χ4n) is 3.80. The van der Waals surface area contributed by atoms with Crippen molar-refractivity contribution in [2.45, 2.75) is 12.1 Å². The van der Waals surface area contributed by atoms with Crippen LogP contribution in [0.15, 0.2) is 66.7 Å². The number of halogens is 6. The van der Waals surface area contributed by atoms with E-state index in [0.29, 0.717) is 5.56 Å². The molecule has 4 aromatic carbocycles. The van der Waals surface area contributed by atoms with Crippen molar-refractivity contribution in [1.82, 2.24) is 0 Å². The standard InChI is InChI=1S/C26H14Cl3F3N2O2/c27-21-11-18(24(35)23(29)22(21)28)25(36)34-16-7-8-17(20(10-16)26(30,31)32)19(12-33)15-6-5-13-3-1-2-4-14(13)9-15/h1-11,19,35H,(H,34,36). The van der Waals surface area contributed by atoms with Gasteiger partial charge < -0.3 is 10.4 Å². The molecular weight excluding hydrogens is 536 g/mol. The molecule has 0 saturated heterocycles. The number of carbonyl (C=O) groups is 1. The van der Waals surface area contributed by atoms with E-state index in [1.165, 1.54) is 6.07 Å². The Morgan fingerprint density at radius 1 is 0.944 bits per heavy atom. The van der Waals surface area contributed by atoms with E-state index in [-0.39, 0.29) is 31.9 Å². The number of aromatic hydroxyl groups is 1.